The van der Waals surface area contributed by atoms with E-state index in [2.05, 4.69) is 113 Å². The average molecular weight is 632 g/mol. The molecule has 5 atom stereocenters. The van der Waals surface area contributed by atoms with Crippen LogP contribution in [0.5, 0.6) is 0 Å². The van der Waals surface area contributed by atoms with E-state index in [-0.39, 0.29) is 24.4 Å². The van der Waals surface area contributed by atoms with Gasteiger partial charge in [-0.15, -0.1) is 0 Å². The van der Waals surface area contributed by atoms with E-state index in [0.29, 0.717) is 0 Å². The molecule has 3 fully saturated rings. The van der Waals surface area contributed by atoms with E-state index in [1.165, 1.54) is 15.9 Å². The molecule has 0 spiro atoms. The number of halogens is 1. The molecule has 0 bridgehead atoms. The van der Waals surface area contributed by atoms with Gasteiger partial charge in [0.2, 0.25) is 0 Å². The molecular formula is C30H34IO5P. The number of fused-ring (bicyclic) bond motifs is 3. The molecule has 3 saturated heterocycles. The monoisotopic (exact) mass is 632 g/mol. The van der Waals surface area contributed by atoms with Crippen molar-refractivity contribution < 1.29 is 23.7 Å². The molecule has 3 unspecified atom stereocenters. The van der Waals surface area contributed by atoms with Crippen LogP contribution in [0, 0.1) is 0 Å². The van der Waals surface area contributed by atoms with Crippen molar-refractivity contribution in [2.24, 2.45) is 0 Å². The van der Waals surface area contributed by atoms with E-state index >= 15 is 0 Å². The molecule has 0 saturated carbocycles. The Kier molecular flexibility index (Phi) is 6.36. The summed E-state index contributed by atoms with van der Waals surface area (Å²) < 4.78 is 29.3. The molecule has 7 heteroatoms. The normalized spacial score (nSPS) is 31.2. The molecule has 0 amide bonds. The van der Waals surface area contributed by atoms with Crippen LogP contribution in [0.4, 0.5) is 0 Å². The fourth-order valence-corrected chi connectivity index (χ4v) is 15.1. The Morgan fingerprint density at radius 1 is 0.595 bits per heavy atom. The molecule has 0 N–H and O–H groups in total. The Hall–Kier alpha value is -1.38. The quantitative estimate of drug-likeness (QED) is 0.284. The molecule has 196 valence electrons. The zero-order valence-corrected chi connectivity index (χ0v) is 24.7. The maximum absolute atomic E-state index is 6.81. The van der Waals surface area contributed by atoms with Gasteiger partial charge in [-0.1, -0.05) is 0 Å². The Bertz CT molecular complexity index is 1150. The summed E-state index contributed by atoms with van der Waals surface area (Å²) in [5.41, 5.74) is 0. The average Bonchev–Trinajstić information content (AvgIpc) is 3.40. The zero-order valence-electron chi connectivity index (χ0n) is 21.6. The van der Waals surface area contributed by atoms with Gasteiger partial charge in [0, 0.05) is 0 Å². The summed E-state index contributed by atoms with van der Waals surface area (Å²) in [5, 5.41) is 3.91. The van der Waals surface area contributed by atoms with E-state index < -0.39 is 22.1 Å². The van der Waals surface area contributed by atoms with Gasteiger partial charge in [0.1, 0.15) is 0 Å². The molecule has 0 aromatic heterocycles. The number of hydrogen-bond donors (Lipinski definition) is 0. The molecule has 0 aliphatic carbocycles. The topological polar surface area (TPSA) is 46.2 Å². The first-order valence-corrected chi connectivity index (χ1v) is 18.1. The van der Waals surface area contributed by atoms with Crippen molar-refractivity contribution in [2.75, 3.05) is 6.16 Å². The first kappa shape index (κ1) is 25.9. The predicted molar refractivity (Wildman–Crippen MR) is 157 cm³/mol. The Morgan fingerprint density at radius 3 is 1.49 bits per heavy atom. The first-order chi connectivity index (χ1) is 17.6. The van der Waals surface area contributed by atoms with Crippen molar-refractivity contribution in [3.63, 3.8) is 0 Å². The maximum atomic E-state index is 6.81. The second kappa shape index (κ2) is 9.09. The van der Waals surface area contributed by atoms with Gasteiger partial charge in [-0.05, 0) is 0 Å². The van der Waals surface area contributed by atoms with Crippen molar-refractivity contribution in [1.82, 2.24) is 0 Å². The van der Waals surface area contributed by atoms with Gasteiger partial charge in [0.25, 0.3) is 0 Å². The van der Waals surface area contributed by atoms with Crippen LogP contribution in [0.2, 0.25) is 0 Å². The standard InChI is InChI=1S/C30H34IO5P/c1-29(2)33-25-24(32-28-27(26(25)34-29)35-30(3,4)36-28)20-37(31,21-14-8-5-9-15-21,22-16-10-6-11-17-22)23-18-12-7-13-19-23/h5-19,24-28H,20H2,1-4H3/t24?,25-,26?,27?,28+/m0/s1. The summed E-state index contributed by atoms with van der Waals surface area (Å²) in [6.45, 7) is 7.78. The number of hydrogen-bond acceptors (Lipinski definition) is 5. The van der Waals surface area contributed by atoms with Crippen LogP contribution in [0.3, 0.4) is 0 Å². The second-order valence-electron chi connectivity index (χ2n) is 11.1. The van der Waals surface area contributed by atoms with E-state index in [9.17, 15) is 0 Å². The van der Waals surface area contributed by atoms with Crippen LogP contribution in [0.25, 0.3) is 0 Å². The van der Waals surface area contributed by atoms with Crippen LogP contribution in [0.1, 0.15) is 27.7 Å². The van der Waals surface area contributed by atoms with Gasteiger partial charge < -0.3 is 0 Å². The third-order valence-corrected chi connectivity index (χ3v) is 19.0. The van der Waals surface area contributed by atoms with Crippen molar-refractivity contribution in [3.05, 3.63) is 91.0 Å². The van der Waals surface area contributed by atoms with Gasteiger partial charge in [0.05, 0.1) is 0 Å². The van der Waals surface area contributed by atoms with Gasteiger partial charge in [-0.2, -0.15) is 0 Å². The number of rotatable bonds is 5. The molecular weight excluding hydrogens is 598 g/mol. The molecule has 5 nitrogen and oxygen atoms in total. The molecule has 37 heavy (non-hydrogen) atoms. The van der Waals surface area contributed by atoms with Crippen LogP contribution in [0.15, 0.2) is 91.0 Å². The Balaban J connectivity index is 1.54. The minimum absolute atomic E-state index is 0.277. The van der Waals surface area contributed by atoms with Gasteiger partial charge >= 0.3 is 233 Å². The summed E-state index contributed by atoms with van der Waals surface area (Å²) in [7, 11) is 0. The number of ether oxygens (including phenoxy) is 5. The molecule has 3 aromatic carbocycles. The van der Waals surface area contributed by atoms with Gasteiger partial charge in [0.15, 0.2) is 0 Å². The zero-order chi connectivity index (χ0) is 25.9. The third-order valence-electron chi connectivity index (χ3n) is 7.66. The van der Waals surface area contributed by atoms with Crippen molar-refractivity contribution in [2.45, 2.75) is 70.0 Å². The summed E-state index contributed by atoms with van der Waals surface area (Å²) in [6, 6.07) is 32.6. The van der Waals surface area contributed by atoms with Gasteiger partial charge in [-0.3, -0.25) is 0 Å². The summed E-state index contributed by atoms with van der Waals surface area (Å²) in [4.78, 5) is 0. The molecule has 3 aromatic rings. The van der Waals surface area contributed by atoms with Crippen molar-refractivity contribution in [1.29, 1.82) is 0 Å². The predicted octanol–water partition coefficient (Wildman–Crippen LogP) is 5.26. The SMILES string of the molecule is CC1(C)OC2C3OC(C)(C)O[C@H]3C(CP(I)(c3ccccc3)(c3ccccc3)c3ccccc3)O[C@@H]2O1. The van der Waals surface area contributed by atoms with Gasteiger partial charge in [-0.25, -0.2) is 0 Å². The minimum atomic E-state index is -3.11. The molecule has 0 radical (unpaired) electrons. The summed E-state index contributed by atoms with van der Waals surface area (Å²) in [5.74, 6) is -1.49. The first-order valence-electron chi connectivity index (χ1n) is 12.9. The fraction of sp³-hybridized carbons (Fsp3) is 0.400. The van der Waals surface area contributed by atoms with Crippen LogP contribution in [-0.4, -0.2) is 48.4 Å². The van der Waals surface area contributed by atoms with E-state index in [1.54, 1.807) is 0 Å². The van der Waals surface area contributed by atoms with Crippen molar-refractivity contribution in [3.8, 4) is 0 Å². The van der Waals surface area contributed by atoms with Crippen molar-refractivity contribution >= 4 is 42.2 Å². The Morgan fingerprint density at radius 2 is 1.00 bits per heavy atom. The van der Waals surface area contributed by atoms with Crippen LogP contribution < -0.4 is 15.9 Å². The second-order valence-corrected chi connectivity index (χ2v) is 21.7. The molecule has 3 aliphatic rings. The molecule has 6 rings (SSSR count). The summed E-state index contributed by atoms with van der Waals surface area (Å²) in [6.07, 6.45) is -0.984. The molecule has 3 aliphatic heterocycles. The summed E-state index contributed by atoms with van der Waals surface area (Å²) >= 11 is 2.80. The Labute approximate surface area is 232 Å². The van der Waals surface area contributed by atoms with Crippen LogP contribution >= 0.6 is 26.3 Å². The number of benzene rings is 3. The van der Waals surface area contributed by atoms with E-state index in [4.69, 9.17) is 23.7 Å². The molecule has 3 heterocycles. The van der Waals surface area contributed by atoms with E-state index in [0.717, 1.165) is 6.16 Å². The fourth-order valence-electron chi connectivity index (χ4n) is 6.16. The van der Waals surface area contributed by atoms with E-state index in [1.807, 2.05) is 27.7 Å². The third kappa shape index (κ3) is 4.29. The van der Waals surface area contributed by atoms with Crippen LogP contribution in [-0.2, 0) is 23.7 Å².